The number of nitrogens with zero attached hydrogens (tertiary/aromatic N) is 2. The summed E-state index contributed by atoms with van der Waals surface area (Å²) in [7, 11) is 0. The highest BCUT2D eigenvalue weighted by Gasteiger charge is 2.28. The van der Waals surface area contributed by atoms with E-state index in [1.165, 1.54) is 12.8 Å². The van der Waals surface area contributed by atoms with E-state index in [4.69, 9.17) is 0 Å². The number of hydrogen-bond acceptors (Lipinski definition) is 2. The van der Waals surface area contributed by atoms with Gasteiger partial charge in [-0.1, -0.05) is 13.8 Å². The Hall–Kier alpha value is -0.640. The molecular formula is C17H27BrN2O. The van der Waals surface area contributed by atoms with E-state index in [1.54, 1.807) is 0 Å². The zero-order chi connectivity index (χ0) is 15.6. The Morgan fingerprint density at radius 3 is 2.48 bits per heavy atom. The highest BCUT2D eigenvalue weighted by atomic mass is 79.9. The molecule has 1 aliphatic carbocycles. The number of hydrogen-bond donors (Lipinski definition) is 0. The Balaban J connectivity index is 2.00. The Bertz CT molecular complexity index is 499. The number of Topliss-reactive ketones (excluding diaryl/α,β-unsaturated/α-hetero) is 1. The number of ketones is 1. The molecular weight excluding hydrogens is 328 g/mol. The quantitative estimate of drug-likeness (QED) is 0.777. The van der Waals surface area contributed by atoms with Crippen LogP contribution in [0.25, 0.3) is 0 Å². The molecule has 118 valence electrons. The first-order valence-corrected chi connectivity index (χ1v) is 8.97. The van der Waals surface area contributed by atoms with Crippen molar-refractivity contribution in [1.82, 2.24) is 9.78 Å². The fourth-order valence-corrected chi connectivity index (χ4v) is 3.88. The van der Waals surface area contributed by atoms with Crippen LogP contribution in [-0.4, -0.2) is 15.6 Å². The molecule has 1 aliphatic rings. The first-order chi connectivity index (χ1) is 9.93. The van der Waals surface area contributed by atoms with Crippen LogP contribution in [0.1, 0.15) is 57.8 Å². The number of aromatic nitrogens is 2. The third-order valence-corrected chi connectivity index (χ3v) is 6.00. The van der Waals surface area contributed by atoms with Crippen molar-refractivity contribution < 1.29 is 4.79 Å². The third kappa shape index (κ3) is 3.77. The van der Waals surface area contributed by atoms with Crippen molar-refractivity contribution in [2.45, 2.75) is 66.3 Å². The van der Waals surface area contributed by atoms with Crippen LogP contribution >= 0.6 is 15.9 Å². The molecule has 21 heavy (non-hydrogen) atoms. The summed E-state index contributed by atoms with van der Waals surface area (Å²) in [5.41, 5.74) is 2.02. The third-order valence-electron chi connectivity index (χ3n) is 4.96. The minimum atomic E-state index is 0.257. The van der Waals surface area contributed by atoms with Gasteiger partial charge in [-0.3, -0.25) is 9.48 Å². The monoisotopic (exact) mass is 354 g/mol. The van der Waals surface area contributed by atoms with Crippen LogP contribution in [0.2, 0.25) is 0 Å². The van der Waals surface area contributed by atoms with Gasteiger partial charge >= 0.3 is 0 Å². The van der Waals surface area contributed by atoms with Gasteiger partial charge in [0.25, 0.3) is 0 Å². The molecule has 0 saturated heterocycles. The average Bonchev–Trinajstić information content (AvgIpc) is 2.75. The van der Waals surface area contributed by atoms with Gasteiger partial charge in [0.05, 0.1) is 15.9 Å². The summed E-state index contributed by atoms with van der Waals surface area (Å²) in [5, 5.41) is 4.48. The molecule has 4 heteroatoms. The SMILES string of the molecule is CCn1nc(C)c(Br)c1CC(=O)C1CCC(C(C)C)CC1. The summed E-state index contributed by atoms with van der Waals surface area (Å²) in [6.45, 7) is 9.47. The first kappa shape index (κ1) is 16.7. The topological polar surface area (TPSA) is 34.9 Å². The molecule has 0 radical (unpaired) electrons. The summed E-state index contributed by atoms with van der Waals surface area (Å²) < 4.78 is 2.96. The lowest BCUT2D eigenvalue weighted by Crippen LogP contribution is -2.26. The number of carbonyl (C=O) groups is 1. The van der Waals surface area contributed by atoms with Crippen molar-refractivity contribution in [3.8, 4) is 0 Å². The molecule has 1 fully saturated rings. The Labute approximate surface area is 136 Å². The normalized spacial score (nSPS) is 22.8. The van der Waals surface area contributed by atoms with E-state index in [1.807, 2.05) is 11.6 Å². The van der Waals surface area contributed by atoms with Crippen LogP contribution in [0.4, 0.5) is 0 Å². The van der Waals surface area contributed by atoms with Crippen LogP contribution in [0.15, 0.2) is 4.47 Å². The summed E-state index contributed by atoms with van der Waals surface area (Å²) in [5.74, 6) is 2.21. The van der Waals surface area contributed by atoms with E-state index < -0.39 is 0 Å². The maximum Gasteiger partial charge on any atom is 0.141 e. The van der Waals surface area contributed by atoms with E-state index in [0.29, 0.717) is 12.2 Å². The van der Waals surface area contributed by atoms with E-state index in [9.17, 15) is 4.79 Å². The van der Waals surface area contributed by atoms with Crippen molar-refractivity contribution in [2.75, 3.05) is 0 Å². The second-order valence-corrected chi connectivity index (χ2v) is 7.45. The second kappa shape index (κ2) is 7.08. The van der Waals surface area contributed by atoms with Crippen molar-refractivity contribution >= 4 is 21.7 Å². The fraction of sp³-hybridized carbons (Fsp3) is 0.765. The largest absolute Gasteiger partial charge is 0.299 e. The van der Waals surface area contributed by atoms with Crippen molar-refractivity contribution in [2.24, 2.45) is 17.8 Å². The van der Waals surface area contributed by atoms with E-state index in [2.05, 4.69) is 41.8 Å². The van der Waals surface area contributed by atoms with Crippen molar-refractivity contribution in [3.63, 3.8) is 0 Å². The second-order valence-electron chi connectivity index (χ2n) is 6.66. The van der Waals surface area contributed by atoms with E-state index >= 15 is 0 Å². The zero-order valence-corrected chi connectivity index (χ0v) is 15.2. The highest BCUT2D eigenvalue weighted by Crippen LogP contribution is 2.34. The van der Waals surface area contributed by atoms with Crippen molar-refractivity contribution in [3.05, 3.63) is 15.9 Å². The van der Waals surface area contributed by atoms with Gasteiger partial charge in [0.2, 0.25) is 0 Å². The Morgan fingerprint density at radius 1 is 1.33 bits per heavy atom. The number of carbonyl (C=O) groups excluding carboxylic acids is 1. The molecule has 0 N–H and O–H groups in total. The lowest BCUT2D eigenvalue weighted by atomic mass is 9.75. The summed E-state index contributed by atoms with van der Waals surface area (Å²) in [4.78, 5) is 12.6. The van der Waals surface area contributed by atoms with E-state index in [-0.39, 0.29) is 5.92 Å². The number of aryl methyl sites for hydroxylation is 2. The Kier molecular flexibility index (Phi) is 5.64. The van der Waals surface area contributed by atoms with Crippen LogP contribution in [0, 0.1) is 24.7 Å². The van der Waals surface area contributed by atoms with Crippen LogP contribution in [0.5, 0.6) is 0 Å². The molecule has 0 aliphatic heterocycles. The van der Waals surface area contributed by atoms with Gasteiger partial charge in [-0.2, -0.15) is 5.10 Å². The van der Waals surface area contributed by atoms with Crippen molar-refractivity contribution in [1.29, 1.82) is 0 Å². The molecule has 0 spiro atoms. The molecule has 0 unspecified atom stereocenters. The zero-order valence-electron chi connectivity index (χ0n) is 13.7. The summed E-state index contributed by atoms with van der Waals surface area (Å²) in [6.07, 6.45) is 5.08. The minimum Gasteiger partial charge on any atom is -0.299 e. The number of halogens is 1. The molecule has 0 bridgehead atoms. The predicted molar refractivity (Wildman–Crippen MR) is 89.3 cm³/mol. The van der Waals surface area contributed by atoms with E-state index in [0.717, 1.165) is 47.1 Å². The molecule has 1 heterocycles. The van der Waals surface area contributed by atoms with Crippen LogP contribution in [-0.2, 0) is 17.8 Å². The molecule has 0 amide bonds. The Morgan fingerprint density at radius 2 is 1.95 bits per heavy atom. The predicted octanol–water partition coefficient (Wildman–Crippen LogP) is 4.55. The average molecular weight is 355 g/mol. The van der Waals surface area contributed by atoms with Gasteiger partial charge in [0.15, 0.2) is 0 Å². The molecule has 1 aromatic heterocycles. The lowest BCUT2D eigenvalue weighted by Gasteiger charge is -2.30. The molecule has 2 rings (SSSR count). The molecule has 1 aromatic rings. The molecule has 0 atom stereocenters. The fourth-order valence-electron chi connectivity index (χ4n) is 3.46. The summed E-state index contributed by atoms with van der Waals surface area (Å²) in [6, 6.07) is 0. The minimum absolute atomic E-state index is 0.257. The first-order valence-electron chi connectivity index (χ1n) is 8.18. The maximum absolute atomic E-state index is 12.6. The maximum atomic E-state index is 12.6. The van der Waals surface area contributed by atoms with Gasteiger partial charge in [0.1, 0.15) is 5.78 Å². The highest BCUT2D eigenvalue weighted by molar-refractivity contribution is 9.10. The van der Waals surface area contributed by atoms with Gasteiger partial charge < -0.3 is 0 Å². The van der Waals surface area contributed by atoms with Gasteiger partial charge in [-0.15, -0.1) is 0 Å². The molecule has 1 saturated carbocycles. The molecule has 0 aromatic carbocycles. The van der Waals surface area contributed by atoms with Gasteiger partial charge in [-0.25, -0.2) is 0 Å². The summed E-state index contributed by atoms with van der Waals surface area (Å²) >= 11 is 3.59. The smallest absolute Gasteiger partial charge is 0.141 e. The molecule has 3 nitrogen and oxygen atoms in total. The standard InChI is InChI=1S/C17H27BrN2O/c1-5-20-15(17(18)12(4)19-20)10-16(21)14-8-6-13(7-9-14)11(2)3/h11,13-14H,5-10H2,1-4H3. The van der Waals surface area contributed by atoms with Crippen LogP contribution < -0.4 is 0 Å². The van der Waals surface area contributed by atoms with Crippen LogP contribution in [0.3, 0.4) is 0 Å². The van der Waals surface area contributed by atoms with Gasteiger partial charge in [0, 0.05) is 18.9 Å². The van der Waals surface area contributed by atoms with Gasteiger partial charge in [-0.05, 0) is 67.3 Å². The number of rotatable bonds is 5. The lowest BCUT2D eigenvalue weighted by molar-refractivity contribution is -0.123.